The first-order valence-electron chi connectivity index (χ1n) is 5.90. The number of benzene rings is 1. The van der Waals surface area contributed by atoms with Gasteiger partial charge in [0.2, 0.25) is 0 Å². The molecule has 0 saturated heterocycles. The van der Waals surface area contributed by atoms with E-state index < -0.39 is 6.61 Å². The van der Waals surface area contributed by atoms with Gasteiger partial charge in [0.25, 0.3) is 0 Å². The number of alkyl halides is 2. The molecule has 0 fully saturated rings. The molecule has 1 unspecified atom stereocenters. The summed E-state index contributed by atoms with van der Waals surface area (Å²) >= 11 is 0. The normalized spacial score (nSPS) is 12.7. The highest BCUT2D eigenvalue weighted by atomic mass is 19.3. The third-order valence-corrected chi connectivity index (χ3v) is 2.58. The molecule has 0 aliphatic rings. The summed E-state index contributed by atoms with van der Waals surface area (Å²) in [5.41, 5.74) is 1.04. The molecule has 1 rings (SSSR count). The summed E-state index contributed by atoms with van der Waals surface area (Å²) < 4.78 is 33.2. The van der Waals surface area contributed by atoms with Crippen molar-refractivity contribution in [2.75, 3.05) is 20.3 Å². The van der Waals surface area contributed by atoms with E-state index in [0.717, 1.165) is 25.1 Å². The van der Waals surface area contributed by atoms with Crippen molar-refractivity contribution in [2.45, 2.75) is 26.0 Å². The second kappa shape index (κ2) is 8.00. The Bertz CT molecular complexity index is 330. The molecule has 5 heteroatoms. The van der Waals surface area contributed by atoms with Gasteiger partial charge in [-0.2, -0.15) is 8.78 Å². The molecular formula is C13H19F2NO2. The highest BCUT2D eigenvalue weighted by Gasteiger charge is 2.07. The Labute approximate surface area is 106 Å². The third kappa shape index (κ3) is 5.42. The molecule has 0 heterocycles. The maximum Gasteiger partial charge on any atom is 0.387 e. The highest BCUT2D eigenvalue weighted by Crippen LogP contribution is 2.18. The Hall–Kier alpha value is -1.20. The lowest BCUT2D eigenvalue weighted by Gasteiger charge is -2.14. The average molecular weight is 259 g/mol. The Morgan fingerprint density at radius 3 is 2.44 bits per heavy atom. The average Bonchev–Trinajstić information content (AvgIpc) is 2.34. The van der Waals surface area contributed by atoms with Crippen molar-refractivity contribution in [3.05, 3.63) is 29.8 Å². The van der Waals surface area contributed by atoms with Crippen molar-refractivity contribution in [3.8, 4) is 5.75 Å². The summed E-state index contributed by atoms with van der Waals surface area (Å²) in [6.45, 7) is 0.821. The molecule has 1 N–H and O–H groups in total. The van der Waals surface area contributed by atoms with Gasteiger partial charge in [-0.15, -0.1) is 0 Å². The minimum atomic E-state index is -2.78. The summed E-state index contributed by atoms with van der Waals surface area (Å²) in [5.74, 6) is 0.181. The fraction of sp³-hybridized carbons (Fsp3) is 0.538. The van der Waals surface area contributed by atoms with E-state index in [4.69, 9.17) is 4.74 Å². The van der Waals surface area contributed by atoms with Crippen molar-refractivity contribution >= 4 is 0 Å². The molecule has 0 radical (unpaired) electrons. The van der Waals surface area contributed by atoms with Crippen LogP contribution in [0.2, 0.25) is 0 Å². The lowest BCUT2D eigenvalue weighted by atomic mass is 10.1. The molecule has 1 aromatic carbocycles. The van der Waals surface area contributed by atoms with Crippen LogP contribution in [-0.4, -0.2) is 26.9 Å². The minimum absolute atomic E-state index is 0.169. The predicted molar refractivity (Wildman–Crippen MR) is 66.0 cm³/mol. The van der Waals surface area contributed by atoms with E-state index in [2.05, 4.69) is 10.1 Å². The molecule has 1 atom stereocenters. The molecule has 0 aliphatic heterocycles. The first-order chi connectivity index (χ1) is 8.63. The van der Waals surface area contributed by atoms with E-state index in [9.17, 15) is 8.78 Å². The lowest BCUT2D eigenvalue weighted by Crippen LogP contribution is -2.20. The zero-order valence-corrected chi connectivity index (χ0v) is 10.7. The lowest BCUT2D eigenvalue weighted by molar-refractivity contribution is -0.0498. The van der Waals surface area contributed by atoms with Crippen LogP contribution < -0.4 is 10.1 Å². The van der Waals surface area contributed by atoms with Crippen LogP contribution in [0.1, 0.15) is 24.9 Å². The van der Waals surface area contributed by atoms with Gasteiger partial charge in [-0.3, -0.25) is 0 Å². The van der Waals surface area contributed by atoms with Crippen LogP contribution in [0.4, 0.5) is 8.78 Å². The molecule has 0 aromatic heterocycles. The fourth-order valence-corrected chi connectivity index (χ4v) is 1.59. The topological polar surface area (TPSA) is 30.5 Å². The summed E-state index contributed by atoms with van der Waals surface area (Å²) in [4.78, 5) is 0. The van der Waals surface area contributed by atoms with Crippen LogP contribution >= 0.6 is 0 Å². The van der Waals surface area contributed by atoms with Gasteiger partial charge in [0.15, 0.2) is 0 Å². The Morgan fingerprint density at radius 1 is 1.22 bits per heavy atom. The second-order valence-electron chi connectivity index (χ2n) is 3.97. The molecular weight excluding hydrogens is 240 g/mol. The Balaban J connectivity index is 2.41. The SMILES string of the molecule is COCCCNC(C)c1ccc(OC(F)F)cc1. The zero-order valence-electron chi connectivity index (χ0n) is 10.7. The third-order valence-electron chi connectivity index (χ3n) is 2.58. The van der Waals surface area contributed by atoms with Crippen molar-refractivity contribution in [1.82, 2.24) is 5.32 Å². The van der Waals surface area contributed by atoms with Crippen LogP contribution in [0, 0.1) is 0 Å². The van der Waals surface area contributed by atoms with Gasteiger partial charge in [-0.25, -0.2) is 0 Å². The van der Waals surface area contributed by atoms with E-state index in [1.165, 1.54) is 0 Å². The molecule has 0 saturated carbocycles. The Kier molecular flexibility index (Phi) is 6.60. The van der Waals surface area contributed by atoms with Crippen LogP contribution in [0.5, 0.6) is 5.75 Å². The van der Waals surface area contributed by atoms with Gasteiger partial charge in [0, 0.05) is 19.8 Å². The van der Waals surface area contributed by atoms with Gasteiger partial charge in [-0.05, 0) is 37.6 Å². The number of ether oxygens (including phenoxy) is 2. The summed E-state index contributed by atoms with van der Waals surface area (Å²) in [7, 11) is 1.67. The predicted octanol–water partition coefficient (Wildman–Crippen LogP) is 2.98. The molecule has 1 aromatic rings. The smallest absolute Gasteiger partial charge is 0.387 e. The molecule has 0 spiro atoms. The summed E-state index contributed by atoms with van der Waals surface area (Å²) in [5, 5.41) is 3.32. The van der Waals surface area contributed by atoms with E-state index >= 15 is 0 Å². The summed E-state index contributed by atoms with van der Waals surface area (Å²) in [6.07, 6.45) is 0.938. The molecule has 0 bridgehead atoms. The van der Waals surface area contributed by atoms with Crippen LogP contribution in [-0.2, 0) is 4.74 Å². The zero-order chi connectivity index (χ0) is 13.4. The summed E-state index contributed by atoms with van der Waals surface area (Å²) in [6, 6.07) is 6.84. The van der Waals surface area contributed by atoms with Gasteiger partial charge in [0.05, 0.1) is 0 Å². The number of methoxy groups -OCH3 is 1. The van der Waals surface area contributed by atoms with E-state index in [-0.39, 0.29) is 11.8 Å². The molecule has 18 heavy (non-hydrogen) atoms. The van der Waals surface area contributed by atoms with Crippen molar-refractivity contribution in [2.24, 2.45) is 0 Å². The molecule has 0 amide bonds. The molecule has 0 aliphatic carbocycles. The fourth-order valence-electron chi connectivity index (χ4n) is 1.59. The number of hydrogen-bond donors (Lipinski definition) is 1. The maximum absolute atomic E-state index is 12.0. The van der Waals surface area contributed by atoms with Crippen LogP contribution in [0.15, 0.2) is 24.3 Å². The number of halogens is 2. The van der Waals surface area contributed by atoms with E-state index in [1.807, 2.05) is 6.92 Å². The van der Waals surface area contributed by atoms with E-state index in [0.29, 0.717) is 0 Å². The number of nitrogens with one attached hydrogen (secondary N) is 1. The quantitative estimate of drug-likeness (QED) is 0.728. The maximum atomic E-state index is 12.0. The monoisotopic (exact) mass is 259 g/mol. The number of hydrogen-bond acceptors (Lipinski definition) is 3. The van der Waals surface area contributed by atoms with Crippen molar-refractivity contribution in [1.29, 1.82) is 0 Å². The number of rotatable bonds is 8. The van der Waals surface area contributed by atoms with Crippen molar-refractivity contribution in [3.63, 3.8) is 0 Å². The van der Waals surface area contributed by atoms with Gasteiger partial charge >= 0.3 is 6.61 Å². The van der Waals surface area contributed by atoms with Crippen LogP contribution in [0.3, 0.4) is 0 Å². The van der Waals surface area contributed by atoms with Crippen LogP contribution in [0.25, 0.3) is 0 Å². The second-order valence-corrected chi connectivity index (χ2v) is 3.97. The highest BCUT2D eigenvalue weighted by molar-refractivity contribution is 5.28. The first kappa shape index (κ1) is 14.9. The first-order valence-corrected chi connectivity index (χ1v) is 5.90. The molecule has 3 nitrogen and oxygen atoms in total. The van der Waals surface area contributed by atoms with E-state index in [1.54, 1.807) is 31.4 Å². The van der Waals surface area contributed by atoms with Crippen molar-refractivity contribution < 1.29 is 18.3 Å². The standard InChI is InChI=1S/C13H19F2NO2/c1-10(16-8-3-9-17-2)11-4-6-12(7-5-11)18-13(14)15/h4-7,10,13,16H,3,8-9H2,1-2H3. The molecule has 102 valence electrons. The Morgan fingerprint density at radius 2 is 1.89 bits per heavy atom. The van der Waals surface area contributed by atoms with Gasteiger partial charge < -0.3 is 14.8 Å². The van der Waals surface area contributed by atoms with Gasteiger partial charge in [0.1, 0.15) is 5.75 Å². The minimum Gasteiger partial charge on any atom is -0.435 e. The largest absolute Gasteiger partial charge is 0.435 e. The van der Waals surface area contributed by atoms with Gasteiger partial charge in [-0.1, -0.05) is 12.1 Å².